The van der Waals surface area contributed by atoms with Gasteiger partial charge in [0.05, 0.1) is 42.5 Å². The molecule has 4 heterocycles. The molecular weight excluding hydrogens is 958 g/mol. The summed E-state index contributed by atoms with van der Waals surface area (Å²) in [6, 6.07) is 21.1. The molecule has 5 aromatic rings. The second-order valence-electron chi connectivity index (χ2n) is 18.8. The van der Waals surface area contributed by atoms with Crippen LogP contribution < -0.4 is 29.9 Å². The van der Waals surface area contributed by atoms with Crippen LogP contribution in [0.3, 0.4) is 0 Å². The summed E-state index contributed by atoms with van der Waals surface area (Å²) >= 11 is 5.61. The number of nitrogens with zero attached hydrogens (tertiary/aromatic N) is 6. The number of pyridine rings is 1. The number of nitrogens with one attached hydrogen (secondary N) is 2. The fourth-order valence-electron chi connectivity index (χ4n) is 8.24. The van der Waals surface area contributed by atoms with Gasteiger partial charge in [-0.1, -0.05) is 45.0 Å². The summed E-state index contributed by atoms with van der Waals surface area (Å²) in [4.78, 5) is 65.6. The lowest BCUT2D eigenvalue weighted by molar-refractivity contribution is -0.144. The van der Waals surface area contributed by atoms with E-state index in [1.807, 2.05) is 31.2 Å². The van der Waals surface area contributed by atoms with Crippen molar-refractivity contribution in [2.24, 2.45) is 5.41 Å². The molecule has 0 aliphatic carbocycles. The molecule has 0 radical (unpaired) electrons. The first-order chi connectivity index (χ1) is 34.1. The highest BCUT2D eigenvalue weighted by molar-refractivity contribution is 7.81. The first-order valence-electron chi connectivity index (χ1n) is 22.9. The number of rotatable bonds is 17. The number of oxazole rings is 1. The van der Waals surface area contributed by atoms with Crippen molar-refractivity contribution in [1.29, 1.82) is 5.26 Å². The second-order valence-corrected chi connectivity index (χ2v) is 19.1. The predicted octanol–water partition coefficient (Wildman–Crippen LogP) is 7.24. The Balaban J connectivity index is 0.842. The highest BCUT2D eigenvalue weighted by atomic mass is 32.1. The van der Waals surface area contributed by atoms with Crippen LogP contribution in [0.1, 0.15) is 70.0 Å². The monoisotopic (exact) mass is 1010 g/mol. The van der Waals surface area contributed by atoms with Crippen LogP contribution in [0.4, 0.5) is 24.5 Å². The van der Waals surface area contributed by atoms with Gasteiger partial charge in [0, 0.05) is 37.2 Å². The highest BCUT2D eigenvalue weighted by Gasteiger charge is 2.51. The van der Waals surface area contributed by atoms with E-state index >= 15 is 0 Å². The van der Waals surface area contributed by atoms with Gasteiger partial charge in [-0.2, -0.15) is 18.4 Å². The number of halogens is 3. The first-order valence-corrected chi connectivity index (χ1v) is 23.3. The van der Waals surface area contributed by atoms with Crippen molar-refractivity contribution in [3.8, 4) is 34.6 Å². The molecule has 1 unspecified atom stereocenters. The molecule has 3 N–H and O–H groups in total. The highest BCUT2D eigenvalue weighted by Crippen LogP contribution is 2.40. The van der Waals surface area contributed by atoms with Gasteiger partial charge in [-0.3, -0.25) is 24.1 Å². The van der Waals surface area contributed by atoms with E-state index in [1.165, 1.54) is 22.3 Å². The maximum absolute atomic E-state index is 14.0. The number of hydrogen-bond donors (Lipinski definition) is 3. The Morgan fingerprint density at radius 2 is 1.62 bits per heavy atom. The number of aliphatic hydroxyl groups excluding tert-OH is 1. The van der Waals surface area contributed by atoms with Gasteiger partial charge in [0.15, 0.2) is 23.0 Å². The maximum atomic E-state index is 14.0. The van der Waals surface area contributed by atoms with E-state index in [9.17, 15) is 37.5 Å². The van der Waals surface area contributed by atoms with E-state index in [-0.39, 0.29) is 50.1 Å². The van der Waals surface area contributed by atoms with Gasteiger partial charge in [0.1, 0.15) is 47.5 Å². The van der Waals surface area contributed by atoms with Gasteiger partial charge >= 0.3 is 6.18 Å². The van der Waals surface area contributed by atoms with Gasteiger partial charge in [-0.05, 0) is 98.6 Å². The van der Waals surface area contributed by atoms with Gasteiger partial charge in [0.25, 0.3) is 5.91 Å². The maximum Gasteiger partial charge on any atom is 0.419 e. The Hall–Kier alpha value is -7.41. The Labute approximate surface area is 418 Å². The number of nitriles is 1. The van der Waals surface area contributed by atoms with Crippen LogP contribution in [0.15, 0.2) is 95.9 Å². The van der Waals surface area contributed by atoms with E-state index < -0.39 is 70.2 Å². The minimum Gasteiger partial charge on any atom is -0.494 e. The molecule has 378 valence electrons. The van der Waals surface area contributed by atoms with Crippen LogP contribution in [0.2, 0.25) is 0 Å². The number of carbonyl (C=O) groups is 4. The molecule has 0 spiro atoms. The van der Waals surface area contributed by atoms with Crippen molar-refractivity contribution in [1.82, 2.24) is 25.5 Å². The standard InChI is InChI=1S/C51H53F3N8O9S/c1-30-43(70-29-58-30)32-10-8-31(9-11-32)25-57-45(65)41-23-35(63)27-60(41)46(66)44(49(2,3)4)59-42(64)28-68-20-7-21-69-36-16-18-38(19-17-36)71-37-14-12-33(13-15-37)62-48(72)61(47(67)50(62,5)6)34-22-39(51(52,53)54)40(24-55)56-26-34/h8-19,22,26,29,35,41,44,63H,7,20-21,23,25,27-28H2,1-6H3,(H,57,65)(H,59,64)/t35-,41+,44?/m1/s1. The number of alkyl halides is 3. The number of thiocarbonyl (C=S) groups is 1. The Morgan fingerprint density at radius 1 is 0.972 bits per heavy atom. The quantitative estimate of drug-likeness (QED) is 0.0619. The molecule has 0 bridgehead atoms. The van der Waals surface area contributed by atoms with Crippen LogP contribution in [-0.2, 0) is 36.6 Å². The normalized spacial score (nSPS) is 17.2. The molecule has 2 aliphatic rings. The SMILES string of the molecule is Cc1ncoc1-c1ccc(CNC(=O)[C@@H]2C[C@@H](O)CN2C(=O)C(NC(=O)COCCCOc2ccc(Oc3ccc(N4C(=S)N(c5cnc(C#N)c(C(F)(F)F)c5)C(=O)C4(C)C)cc3)cc2)C(C)(C)C)cc1. The van der Waals surface area contributed by atoms with Crippen molar-refractivity contribution >= 4 is 52.3 Å². The number of hydrogen-bond acceptors (Lipinski definition) is 13. The number of benzene rings is 3. The molecule has 0 saturated carbocycles. The Morgan fingerprint density at radius 3 is 2.24 bits per heavy atom. The minimum atomic E-state index is -4.88. The molecule has 2 saturated heterocycles. The average molecular weight is 1010 g/mol. The number of β-amino-alcohol motifs (C(OH)–C–C–N with tert-alkyl or cyclic N) is 1. The molecule has 17 nitrogen and oxygen atoms in total. The Bertz CT molecular complexity index is 2850. The van der Waals surface area contributed by atoms with Gasteiger partial charge in [0.2, 0.25) is 17.7 Å². The molecule has 4 amide bonds. The van der Waals surface area contributed by atoms with Gasteiger partial charge < -0.3 is 44.2 Å². The Kier molecular flexibility index (Phi) is 15.7. The molecule has 7 rings (SSSR count). The molecule has 72 heavy (non-hydrogen) atoms. The van der Waals surface area contributed by atoms with Gasteiger partial charge in [-0.15, -0.1) is 0 Å². The van der Waals surface area contributed by atoms with Crippen LogP contribution in [0, 0.1) is 23.7 Å². The number of aromatic nitrogens is 2. The molecule has 3 aromatic carbocycles. The van der Waals surface area contributed by atoms with Crippen molar-refractivity contribution in [2.45, 2.75) is 90.8 Å². The summed E-state index contributed by atoms with van der Waals surface area (Å²) in [5, 5.41) is 25.3. The molecule has 2 aromatic heterocycles. The zero-order chi connectivity index (χ0) is 52.1. The number of aryl methyl sites for hydroxylation is 1. The lowest BCUT2D eigenvalue weighted by atomic mass is 9.85. The molecule has 21 heteroatoms. The van der Waals surface area contributed by atoms with Crippen LogP contribution in [-0.4, -0.2) is 98.8 Å². The minimum absolute atomic E-state index is 0.0546. The summed E-state index contributed by atoms with van der Waals surface area (Å²) in [6.07, 6.45) is -2.91. The summed E-state index contributed by atoms with van der Waals surface area (Å²) in [7, 11) is 0. The van der Waals surface area contributed by atoms with E-state index in [0.29, 0.717) is 41.2 Å². The van der Waals surface area contributed by atoms with Crippen molar-refractivity contribution in [3.63, 3.8) is 0 Å². The summed E-state index contributed by atoms with van der Waals surface area (Å²) in [6.45, 7) is 10.7. The fraction of sp³-hybridized carbons (Fsp3) is 0.373. The van der Waals surface area contributed by atoms with Crippen molar-refractivity contribution in [2.75, 3.05) is 36.2 Å². The van der Waals surface area contributed by atoms with E-state index in [4.69, 9.17) is 36.1 Å². The number of carbonyl (C=O) groups excluding carboxylic acids is 4. The first kappa shape index (κ1) is 52.4. The number of amides is 4. The molecular formula is C51H53F3N8O9S. The number of likely N-dealkylation sites (tertiary alicyclic amines) is 1. The summed E-state index contributed by atoms with van der Waals surface area (Å²) < 4.78 is 64.0. The lowest BCUT2D eigenvalue weighted by Crippen LogP contribution is -2.58. The summed E-state index contributed by atoms with van der Waals surface area (Å²) in [5.74, 6) is 0.128. The molecule has 2 fully saturated rings. The van der Waals surface area contributed by atoms with Crippen molar-refractivity contribution < 1.29 is 56.1 Å². The third-order valence-corrected chi connectivity index (χ3v) is 12.4. The average Bonchev–Trinajstić information content (AvgIpc) is 4.00. The smallest absolute Gasteiger partial charge is 0.419 e. The third kappa shape index (κ3) is 11.8. The predicted molar refractivity (Wildman–Crippen MR) is 261 cm³/mol. The van der Waals surface area contributed by atoms with E-state index in [0.717, 1.165) is 27.9 Å². The lowest BCUT2D eigenvalue weighted by Gasteiger charge is -2.35. The number of aliphatic hydroxyl groups is 1. The second kappa shape index (κ2) is 21.5. The van der Waals surface area contributed by atoms with Crippen LogP contribution >= 0.6 is 12.2 Å². The van der Waals surface area contributed by atoms with Crippen molar-refractivity contribution in [3.05, 3.63) is 114 Å². The fourth-order valence-corrected chi connectivity index (χ4v) is 8.76. The zero-order valence-electron chi connectivity index (χ0n) is 40.3. The van der Waals surface area contributed by atoms with E-state index in [1.54, 1.807) is 83.1 Å². The van der Waals surface area contributed by atoms with E-state index in [2.05, 4.69) is 20.6 Å². The summed E-state index contributed by atoms with van der Waals surface area (Å²) in [5.41, 5.74) is -1.44. The van der Waals surface area contributed by atoms with Gasteiger partial charge in [-0.25, -0.2) is 9.97 Å². The number of anilines is 2. The zero-order valence-corrected chi connectivity index (χ0v) is 41.1. The largest absolute Gasteiger partial charge is 0.494 e. The van der Waals surface area contributed by atoms with Crippen LogP contribution in [0.5, 0.6) is 17.2 Å². The third-order valence-electron chi connectivity index (χ3n) is 12.0. The number of ether oxygens (including phenoxy) is 3. The topological polar surface area (TPSA) is 213 Å². The molecule has 2 aliphatic heterocycles. The molecule has 3 atom stereocenters. The van der Waals surface area contributed by atoms with Crippen LogP contribution in [0.25, 0.3) is 11.3 Å².